The maximum Gasteiger partial charge on any atom is 0.192 e. The number of piperazine rings is 1. The van der Waals surface area contributed by atoms with E-state index in [1.54, 1.807) is 24.4 Å². The number of ketones is 1. The molecule has 2 heterocycles. The standard InChI is InChI=1S/C16H18FN3O/c17-13-3-5-14(6-4-13)20-10-8-19(9-11-20)12-16(21)15-2-1-7-18-15/h1-7,18H,8-12H2. The number of rotatable bonds is 4. The molecule has 1 aliphatic heterocycles. The Morgan fingerprint density at radius 2 is 1.81 bits per heavy atom. The average Bonchev–Trinajstić information content (AvgIpc) is 3.03. The summed E-state index contributed by atoms with van der Waals surface area (Å²) in [5.41, 5.74) is 1.70. The van der Waals surface area contributed by atoms with Crippen molar-refractivity contribution in [2.45, 2.75) is 0 Å². The van der Waals surface area contributed by atoms with Crippen LogP contribution in [0.2, 0.25) is 0 Å². The number of hydrogen-bond donors (Lipinski definition) is 1. The minimum atomic E-state index is -0.214. The number of aromatic amines is 1. The van der Waals surface area contributed by atoms with E-state index in [-0.39, 0.29) is 11.6 Å². The number of halogens is 1. The summed E-state index contributed by atoms with van der Waals surface area (Å²) in [4.78, 5) is 19.4. The lowest BCUT2D eigenvalue weighted by Gasteiger charge is -2.35. The van der Waals surface area contributed by atoms with Crippen LogP contribution in [0.25, 0.3) is 0 Å². The van der Waals surface area contributed by atoms with Crippen LogP contribution in [0.1, 0.15) is 10.5 Å². The molecule has 1 N–H and O–H groups in total. The van der Waals surface area contributed by atoms with Gasteiger partial charge in [-0.2, -0.15) is 0 Å². The number of H-pyrrole nitrogens is 1. The second kappa shape index (κ2) is 6.10. The lowest BCUT2D eigenvalue weighted by molar-refractivity contribution is 0.0922. The van der Waals surface area contributed by atoms with Crippen molar-refractivity contribution in [3.05, 3.63) is 54.1 Å². The third kappa shape index (κ3) is 3.31. The normalized spacial score (nSPS) is 16.1. The van der Waals surface area contributed by atoms with Crippen LogP contribution >= 0.6 is 0 Å². The van der Waals surface area contributed by atoms with Crippen LogP contribution in [-0.2, 0) is 0 Å². The van der Waals surface area contributed by atoms with Crippen LogP contribution < -0.4 is 4.90 Å². The predicted molar refractivity (Wildman–Crippen MR) is 80.2 cm³/mol. The van der Waals surface area contributed by atoms with E-state index in [2.05, 4.69) is 14.8 Å². The molecule has 0 radical (unpaired) electrons. The summed E-state index contributed by atoms with van der Waals surface area (Å²) in [6.45, 7) is 3.82. The van der Waals surface area contributed by atoms with Gasteiger partial charge in [0.2, 0.25) is 0 Å². The molecule has 1 fully saturated rings. The zero-order valence-electron chi connectivity index (χ0n) is 11.8. The minimum Gasteiger partial charge on any atom is -0.369 e. The van der Waals surface area contributed by atoms with E-state index in [1.165, 1.54) is 12.1 Å². The molecule has 3 rings (SSSR count). The summed E-state index contributed by atoms with van der Waals surface area (Å²) in [5, 5.41) is 0. The number of carbonyl (C=O) groups is 1. The number of hydrogen-bond acceptors (Lipinski definition) is 3. The quantitative estimate of drug-likeness (QED) is 0.876. The molecular weight excluding hydrogens is 269 g/mol. The molecule has 0 aliphatic carbocycles. The number of aromatic nitrogens is 1. The van der Waals surface area contributed by atoms with Gasteiger partial charge < -0.3 is 9.88 Å². The highest BCUT2D eigenvalue weighted by atomic mass is 19.1. The van der Waals surface area contributed by atoms with Crippen LogP contribution in [0.3, 0.4) is 0 Å². The Bertz CT molecular complexity index is 586. The number of Topliss-reactive ketones (excluding diaryl/α,β-unsaturated/α-hetero) is 1. The van der Waals surface area contributed by atoms with Gasteiger partial charge in [0.25, 0.3) is 0 Å². The summed E-state index contributed by atoms with van der Waals surface area (Å²) < 4.78 is 12.9. The number of anilines is 1. The van der Waals surface area contributed by atoms with E-state index in [9.17, 15) is 9.18 Å². The Labute approximate surface area is 123 Å². The summed E-state index contributed by atoms with van der Waals surface area (Å²) in [7, 11) is 0. The first kappa shape index (κ1) is 13.8. The smallest absolute Gasteiger partial charge is 0.192 e. The van der Waals surface area contributed by atoms with E-state index in [1.807, 2.05) is 6.07 Å². The fourth-order valence-electron chi connectivity index (χ4n) is 2.61. The molecule has 0 atom stereocenters. The fraction of sp³-hybridized carbons (Fsp3) is 0.312. The Morgan fingerprint density at radius 1 is 1.10 bits per heavy atom. The minimum absolute atomic E-state index is 0.121. The van der Waals surface area contributed by atoms with Gasteiger partial charge in [-0.25, -0.2) is 4.39 Å². The predicted octanol–water partition coefficient (Wildman–Crippen LogP) is 2.16. The maximum atomic E-state index is 12.9. The van der Waals surface area contributed by atoms with Crippen molar-refractivity contribution in [2.75, 3.05) is 37.6 Å². The van der Waals surface area contributed by atoms with Crippen molar-refractivity contribution in [3.63, 3.8) is 0 Å². The van der Waals surface area contributed by atoms with Crippen molar-refractivity contribution in [1.29, 1.82) is 0 Å². The third-order valence-corrected chi connectivity index (χ3v) is 3.83. The average molecular weight is 287 g/mol. The molecule has 1 aliphatic rings. The van der Waals surface area contributed by atoms with Gasteiger partial charge >= 0.3 is 0 Å². The van der Waals surface area contributed by atoms with E-state index < -0.39 is 0 Å². The zero-order chi connectivity index (χ0) is 14.7. The molecule has 0 spiro atoms. The highest BCUT2D eigenvalue weighted by Crippen LogP contribution is 2.17. The van der Waals surface area contributed by atoms with Gasteiger partial charge in [-0.3, -0.25) is 9.69 Å². The largest absolute Gasteiger partial charge is 0.369 e. The Balaban J connectivity index is 1.53. The summed E-state index contributed by atoms with van der Waals surface area (Å²) in [6.07, 6.45) is 1.76. The molecule has 4 nitrogen and oxygen atoms in total. The second-order valence-electron chi connectivity index (χ2n) is 5.25. The van der Waals surface area contributed by atoms with Crippen LogP contribution in [0.15, 0.2) is 42.6 Å². The highest BCUT2D eigenvalue weighted by molar-refractivity contribution is 5.95. The second-order valence-corrected chi connectivity index (χ2v) is 5.25. The lowest BCUT2D eigenvalue weighted by Crippen LogP contribution is -2.48. The summed E-state index contributed by atoms with van der Waals surface area (Å²) >= 11 is 0. The first-order valence-electron chi connectivity index (χ1n) is 7.12. The molecule has 21 heavy (non-hydrogen) atoms. The monoisotopic (exact) mass is 287 g/mol. The van der Waals surface area contributed by atoms with Gasteiger partial charge in [0.15, 0.2) is 5.78 Å². The highest BCUT2D eigenvalue weighted by Gasteiger charge is 2.20. The maximum absolute atomic E-state index is 12.9. The number of benzene rings is 1. The summed E-state index contributed by atoms with van der Waals surface area (Å²) in [5.74, 6) is -0.0934. The first-order valence-corrected chi connectivity index (χ1v) is 7.12. The molecule has 1 aromatic carbocycles. The zero-order valence-corrected chi connectivity index (χ0v) is 11.8. The van der Waals surface area contributed by atoms with Gasteiger partial charge in [-0.05, 0) is 36.4 Å². The van der Waals surface area contributed by atoms with Crippen LogP contribution in [0, 0.1) is 5.82 Å². The first-order chi connectivity index (χ1) is 10.2. The Morgan fingerprint density at radius 3 is 2.43 bits per heavy atom. The summed E-state index contributed by atoms with van der Waals surface area (Å²) in [6, 6.07) is 10.2. The molecule has 1 saturated heterocycles. The van der Waals surface area contributed by atoms with Crippen molar-refractivity contribution < 1.29 is 9.18 Å². The SMILES string of the molecule is O=C(CN1CCN(c2ccc(F)cc2)CC1)c1ccc[nH]1. The van der Waals surface area contributed by atoms with E-state index in [0.717, 1.165) is 31.9 Å². The van der Waals surface area contributed by atoms with Gasteiger partial charge in [-0.1, -0.05) is 0 Å². The van der Waals surface area contributed by atoms with Gasteiger partial charge in [0, 0.05) is 38.1 Å². The molecule has 2 aromatic rings. The molecule has 0 amide bonds. The number of nitrogens with zero attached hydrogens (tertiary/aromatic N) is 2. The van der Waals surface area contributed by atoms with Gasteiger partial charge in [0.1, 0.15) is 5.82 Å². The Hall–Kier alpha value is -2.14. The van der Waals surface area contributed by atoms with E-state index in [4.69, 9.17) is 0 Å². The van der Waals surface area contributed by atoms with Gasteiger partial charge in [-0.15, -0.1) is 0 Å². The molecular formula is C16H18FN3O. The van der Waals surface area contributed by atoms with E-state index in [0.29, 0.717) is 12.2 Å². The van der Waals surface area contributed by atoms with Crippen LogP contribution in [0.5, 0.6) is 0 Å². The third-order valence-electron chi connectivity index (χ3n) is 3.83. The van der Waals surface area contributed by atoms with Crippen LogP contribution in [-0.4, -0.2) is 48.4 Å². The molecule has 0 bridgehead atoms. The van der Waals surface area contributed by atoms with Gasteiger partial charge in [0.05, 0.1) is 12.2 Å². The van der Waals surface area contributed by atoms with Crippen LogP contribution in [0.4, 0.5) is 10.1 Å². The molecule has 0 saturated carbocycles. The molecule has 110 valence electrons. The number of nitrogens with one attached hydrogen (secondary N) is 1. The molecule has 5 heteroatoms. The lowest BCUT2D eigenvalue weighted by atomic mass is 10.2. The Kier molecular flexibility index (Phi) is 4.01. The van der Waals surface area contributed by atoms with Crippen molar-refractivity contribution in [1.82, 2.24) is 9.88 Å². The molecule has 0 unspecified atom stereocenters. The fourth-order valence-corrected chi connectivity index (χ4v) is 2.61. The van der Waals surface area contributed by atoms with Crippen molar-refractivity contribution >= 4 is 11.5 Å². The van der Waals surface area contributed by atoms with Crippen molar-refractivity contribution in [3.8, 4) is 0 Å². The topological polar surface area (TPSA) is 39.3 Å². The number of carbonyl (C=O) groups excluding carboxylic acids is 1. The molecule has 1 aromatic heterocycles. The van der Waals surface area contributed by atoms with Crippen molar-refractivity contribution in [2.24, 2.45) is 0 Å². The van der Waals surface area contributed by atoms with E-state index >= 15 is 0 Å².